The van der Waals surface area contributed by atoms with E-state index in [2.05, 4.69) is 15.0 Å². The van der Waals surface area contributed by atoms with Gasteiger partial charge >= 0.3 is 0 Å². The summed E-state index contributed by atoms with van der Waals surface area (Å²) in [4.78, 5) is 11.9. The Bertz CT molecular complexity index is 321. The number of hydrogen-bond acceptors (Lipinski definition) is 5. The van der Waals surface area contributed by atoms with Crippen LogP contribution in [0.4, 0.5) is 5.95 Å². The quantitative estimate of drug-likeness (QED) is 0.866. The van der Waals surface area contributed by atoms with Crippen molar-refractivity contribution < 1.29 is 0 Å². The molecule has 6 heteroatoms. The molecule has 1 aromatic heterocycles. The van der Waals surface area contributed by atoms with Crippen molar-refractivity contribution >= 4 is 29.3 Å². The van der Waals surface area contributed by atoms with Crippen molar-refractivity contribution in [2.75, 3.05) is 5.73 Å². The highest BCUT2D eigenvalue weighted by atomic mass is 35.5. The van der Waals surface area contributed by atoms with Crippen LogP contribution in [0.15, 0.2) is 5.16 Å². The molecule has 0 saturated heterocycles. The first-order chi connectivity index (χ1) is 7.24. The highest BCUT2D eigenvalue weighted by Gasteiger charge is 2.16. The number of nitrogens with zero attached hydrogens (tertiary/aromatic N) is 3. The van der Waals surface area contributed by atoms with Crippen LogP contribution in [-0.2, 0) is 0 Å². The molecule has 1 saturated carbocycles. The van der Waals surface area contributed by atoms with Crippen molar-refractivity contribution in [3.05, 3.63) is 5.28 Å². The summed E-state index contributed by atoms with van der Waals surface area (Å²) in [6.07, 6.45) is 6.40. The van der Waals surface area contributed by atoms with Crippen LogP contribution in [0.3, 0.4) is 0 Å². The van der Waals surface area contributed by atoms with Gasteiger partial charge < -0.3 is 5.73 Å². The predicted octanol–water partition coefficient (Wildman–Crippen LogP) is 2.53. The number of halogens is 1. The SMILES string of the molecule is Nc1nc(Cl)nc(SC2CCCCC2)n1. The largest absolute Gasteiger partial charge is 0.368 e. The molecule has 1 aliphatic carbocycles. The molecule has 0 aliphatic heterocycles. The van der Waals surface area contributed by atoms with Gasteiger partial charge in [-0.25, -0.2) is 0 Å². The molecule has 0 radical (unpaired) electrons. The first kappa shape index (κ1) is 11.0. The number of nitrogen functional groups attached to an aromatic ring is 1. The van der Waals surface area contributed by atoms with Crippen LogP contribution >= 0.6 is 23.4 Å². The zero-order valence-corrected chi connectivity index (χ0v) is 9.89. The topological polar surface area (TPSA) is 64.7 Å². The third-order valence-corrected chi connectivity index (χ3v) is 3.80. The van der Waals surface area contributed by atoms with Crippen LogP contribution in [0.25, 0.3) is 0 Å². The second-order valence-electron chi connectivity index (χ2n) is 3.62. The summed E-state index contributed by atoms with van der Waals surface area (Å²) < 4.78 is 0. The Balaban J connectivity index is 2.02. The molecule has 15 heavy (non-hydrogen) atoms. The monoisotopic (exact) mass is 244 g/mol. The summed E-state index contributed by atoms with van der Waals surface area (Å²) in [6.45, 7) is 0. The number of rotatable bonds is 2. The number of aromatic nitrogens is 3. The first-order valence-electron chi connectivity index (χ1n) is 5.08. The lowest BCUT2D eigenvalue weighted by molar-refractivity contribution is 0.515. The molecule has 4 nitrogen and oxygen atoms in total. The highest BCUT2D eigenvalue weighted by Crippen LogP contribution is 2.32. The number of nitrogens with two attached hydrogens (primary N) is 1. The van der Waals surface area contributed by atoms with Gasteiger partial charge in [0.2, 0.25) is 11.2 Å². The van der Waals surface area contributed by atoms with Gasteiger partial charge in [-0.15, -0.1) is 0 Å². The van der Waals surface area contributed by atoms with E-state index < -0.39 is 0 Å². The van der Waals surface area contributed by atoms with Crippen LogP contribution in [0.5, 0.6) is 0 Å². The van der Waals surface area contributed by atoms with Crippen LogP contribution < -0.4 is 5.73 Å². The van der Waals surface area contributed by atoms with E-state index in [-0.39, 0.29) is 11.2 Å². The van der Waals surface area contributed by atoms with Gasteiger partial charge in [-0.3, -0.25) is 0 Å². The molecule has 0 spiro atoms. The fourth-order valence-electron chi connectivity index (χ4n) is 1.73. The zero-order valence-electron chi connectivity index (χ0n) is 8.32. The molecule has 2 rings (SSSR count). The Kier molecular flexibility index (Phi) is 3.64. The van der Waals surface area contributed by atoms with E-state index in [0.717, 1.165) is 0 Å². The summed E-state index contributed by atoms with van der Waals surface area (Å²) >= 11 is 7.38. The van der Waals surface area contributed by atoms with E-state index in [4.69, 9.17) is 17.3 Å². The maximum Gasteiger partial charge on any atom is 0.228 e. The average molecular weight is 245 g/mol. The lowest BCUT2D eigenvalue weighted by atomic mass is 10.0. The van der Waals surface area contributed by atoms with Crippen LogP contribution in [-0.4, -0.2) is 20.2 Å². The molecule has 0 amide bonds. The molecule has 0 atom stereocenters. The summed E-state index contributed by atoms with van der Waals surface area (Å²) in [6, 6.07) is 0. The molecule has 0 aromatic carbocycles. The fraction of sp³-hybridized carbons (Fsp3) is 0.667. The van der Waals surface area contributed by atoms with Crippen molar-refractivity contribution in [2.45, 2.75) is 42.5 Å². The Morgan fingerprint density at radius 3 is 2.53 bits per heavy atom. The lowest BCUT2D eigenvalue weighted by Crippen LogP contribution is -2.09. The Morgan fingerprint density at radius 2 is 1.87 bits per heavy atom. The maximum absolute atomic E-state index is 5.71. The Labute approximate surface area is 98.0 Å². The molecule has 1 fully saturated rings. The maximum atomic E-state index is 5.71. The lowest BCUT2D eigenvalue weighted by Gasteiger charge is -2.19. The Hall–Kier alpha value is -0.550. The highest BCUT2D eigenvalue weighted by molar-refractivity contribution is 7.99. The van der Waals surface area contributed by atoms with Gasteiger partial charge in [0, 0.05) is 5.25 Å². The number of hydrogen-bond donors (Lipinski definition) is 1. The van der Waals surface area contributed by atoms with Crippen molar-refractivity contribution in [2.24, 2.45) is 0 Å². The molecule has 0 unspecified atom stereocenters. The van der Waals surface area contributed by atoms with Crippen LogP contribution in [0.1, 0.15) is 32.1 Å². The number of thioether (sulfide) groups is 1. The summed E-state index contributed by atoms with van der Waals surface area (Å²) in [5.41, 5.74) is 5.50. The van der Waals surface area contributed by atoms with Gasteiger partial charge in [0.1, 0.15) is 0 Å². The van der Waals surface area contributed by atoms with E-state index in [1.54, 1.807) is 11.8 Å². The minimum absolute atomic E-state index is 0.181. The van der Waals surface area contributed by atoms with E-state index in [0.29, 0.717) is 10.4 Å². The van der Waals surface area contributed by atoms with Crippen molar-refractivity contribution in [3.63, 3.8) is 0 Å². The predicted molar refractivity (Wildman–Crippen MR) is 62.0 cm³/mol. The number of anilines is 1. The normalized spacial score (nSPS) is 17.9. The van der Waals surface area contributed by atoms with Gasteiger partial charge in [-0.1, -0.05) is 31.0 Å². The van der Waals surface area contributed by atoms with Gasteiger partial charge in [-0.05, 0) is 24.4 Å². The molecule has 1 aromatic rings. The second-order valence-corrected chi connectivity index (χ2v) is 5.23. The van der Waals surface area contributed by atoms with Crippen LogP contribution in [0.2, 0.25) is 5.28 Å². The molecule has 1 aliphatic rings. The molecular weight excluding hydrogens is 232 g/mol. The van der Waals surface area contributed by atoms with E-state index in [1.807, 2.05) is 0 Å². The third-order valence-electron chi connectivity index (χ3n) is 2.43. The first-order valence-corrected chi connectivity index (χ1v) is 6.33. The van der Waals surface area contributed by atoms with Gasteiger partial charge in [0.05, 0.1) is 0 Å². The van der Waals surface area contributed by atoms with Crippen molar-refractivity contribution in [3.8, 4) is 0 Å². The summed E-state index contributed by atoms with van der Waals surface area (Å²) in [5, 5.41) is 1.44. The second kappa shape index (κ2) is 4.99. The van der Waals surface area contributed by atoms with Crippen molar-refractivity contribution in [1.29, 1.82) is 0 Å². The van der Waals surface area contributed by atoms with E-state index >= 15 is 0 Å². The Morgan fingerprint density at radius 1 is 1.13 bits per heavy atom. The molecule has 0 bridgehead atoms. The van der Waals surface area contributed by atoms with Gasteiger partial charge in [0.15, 0.2) is 5.16 Å². The van der Waals surface area contributed by atoms with Gasteiger partial charge in [0.25, 0.3) is 0 Å². The van der Waals surface area contributed by atoms with Crippen LogP contribution in [0, 0.1) is 0 Å². The average Bonchev–Trinajstić information content (AvgIpc) is 2.17. The minimum Gasteiger partial charge on any atom is -0.368 e. The smallest absolute Gasteiger partial charge is 0.228 e. The van der Waals surface area contributed by atoms with E-state index in [9.17, 15) is 0 Å². The summed E-state index contributed by atoms with van der Waals surface area (Å²) in [5.74, 6) is 0.202. The third kappa shape index (κ3) is 3.21. The molecule has 1 heterocycles. The zero-order chi connectivity index (χ0) is 10.7. The van der Waals surface area contributed by atoms with Crippen molar-refractivity contribution in [1.82, 2.24) is 15.0 Å². The van der Waals surface area contributed by atoms with Gasteiger partial charge in [-0.2, -0.15) is 15.0 Å². The minimum atomic E-state index is 0.181. The summed E-state index contributed by atoms with van der Waals surface area (Å²) in [7, 11) is 0. The molecular formula is C9H13ClN4S. The fourth-order valence-corrected chi connectivity index (χ4v) is 3.10. The van der Waals surface area contributed by atoms with E-state index in [1.165, 1.54) is 32.1 Å². The standard InChI is InChI=1S/C9H13ClN4S/c10-7-12-8(11)14-9(13-7)15-6-4-2-1-3-5-6/h6H,1-5H2,(H2,11,12,13,14). The molecule has 2 N–H and O–H groups in total. The molecule has 82 valence electrons.